The van der Waals surface area contributed by atoms with Crippen LogP contribution in [0.1, 0.15) is 24.8 Å². The van der Waals surface area contributed by atoms with E-state index in [1.54, 1.807) is 4.90 Å². The van der Waals surface area contributed by atoms with E-state index in [4.69, 9.17) is 4.52 Å². The number of hydrogen-bond donors (Lipinski definition) is 1. The molecule has 1 atom stereocenters. The summed E-state index contributed by atoms with van der Waals surface area (Å²) in [6, 6.07) is 8.86. The first kappa shape index (κ1) is 16.0. The lowest BCUT2D eigenvalue weighted by atomic mass is 10.2. The van der Waals surface area contributed by atoms with Crippen molar-refractivity contribution in [1.29, 1.82) is 0 Å². The van der Waals surface area contributed by atoms with Gasteiger partial charge < -0.3 is 19.5 Å². The summed E-state index contributed by atoms with van der Waals surface area (Å²) in [5, 5.41) is 6.53. The largest absolute Gasteiger partial charge is 0.468 e. The number of urea groups is 1. The van der Waals surface area contributed by atoms with Gasteiger partial charge >= 0.3 is 12.0 Å². The van der Waals surface area contributed by atoms with E-state index in [1.807, 2.05) is 30.3 Å². The van der Waals surface area contributed by atoms with Crippen molar-refractivity contribution < 1.29 is 18.8 Å². The number of rotatable bonds is 4. The van der Waals surface area contributed by atoms with Crippen LogP contribution < -0.4 is 5.32 Å². The highest BCUT2D eigenvalue weighted by molar-refractivity contribution is 5.81. The van der Waals surface area contributed by atoms with Crippen LogP contribution in [0.2, 0.25) is 0 Å². The van der Waals surface area contributed by atoms with Crippen LogP contribution in [-0.4, -0.2) is 47.2 Å². The summed E-state index contributed by atoms with van der Waals surface area (Å²) in [4.78, 5) is 29.4. The van der Waals surface area contributed by atoms with Crippen LogP contribution >= 0.6 is 0 Å². The number of methoxy groups -OCH3 is 1. The Morgan fingerprint density at radius 2 is 2.17 bits per heavy atom. The molecule has 1 fully saturated rings. The number of nitrogens with one attached hydrogen (secondary N) is 1. The van der Waals surface area contributed by atoms with Crippen molar-refractivity contribution in [3.8, 4) is 11.4 Å². The van der Waals surface area contributed by atoms with Crippen molar-refractivity contribution in [3.63, 3.8) is 0 Å². The van der Waals surface area contributed by atoms with Gasteiger partial charge in [0.1, 0.15) is 12.6 Å². The normalized spacial score (nSPS) is 16.9. The molecule has 24 heavy (non-hydrogen) atoms. The topological polar surface area (TPSA) is 97.6 Å². The van der Waals surface area contributed by atoms with Gasteiger partial charge in [-0.25, -0.2) is 4.79 Å². The highest BCUT2D eigenvalue weighted by Gasteiger charge is 2.34. The molecule has 8 heteroatoms. The minimum Gasteiger partial charge on any atom is -0.468 e. The van der Waals surface area contributed by atoms with Crippen LogP contribution in [-0.2, 0) is 9.53 Å². The molecule has 126 valence electrons. The third-order valence-corrected chi connectivity index (χ3v) is 3.88. The molecule has 1 N–H and O–H groups in total. The van der Waals surface area contributed by atoms with Crippen LogP contribution in [0.5, 0.6) is 0 Å². The average Bonchev–Trinajstić information content (AvgIpc) is 3.28. The second kappa shape index (κ2) is 7.12. The van der Waals surface area contributed by atoms with Crippen LogP contribution in [0, 0.1) is 0 Å². The number of hydrogen-bond acceptors (Lipinski definition) is 6. The van der Waals surface area contributed by atoms with E-state index >= 15 is 0 Å². The van der Waals surface area contributed by atoms with Crippen LogP contribution in [0.3, 0.4) is 0 Å². The summed E-state index contributed by atoms with van der Waals surface area (Å²) in [6.07, 6.45) is 1.57. The van der Waals surface area contributed by atoms with Gasteiger partial charge in [0.2, 0.25) is 11.7 Å². The number of ether oxygens (including phenoxy) is 1. The maximum absolute atomic E-state index is 12.2. The highest BCUT2D eigenvalue weighted by atomic mass is 16.5. The van der Waals surface area contributed by atoms with E-state index in [0.717, 1.165) is 18.4 Å². The Hall–Kier alpha value is -2.90. The Morgan fingerprint density at radius 1 is 1.38 bits per heavy atom. The van der Waals surface area contributed by atoms with Crippen molar-refractivity contribution in [1.82, 2.24) is 20.4 Å². The molecule has 3 rings (SSSR count). The van der Waals surface area contributed by atoms with Crippen molar-refractivity contribution >= 4 is 12.0 Å². The van der Waals surface area contributed by atoms with Crippen LogP contribution in [0.4, 0.5) is 4.79 Å². The minimum absolute atomic E-state index is 0.169. The summed E-state index contributed by atoms with van der Waals surface area (Å²) in [5.41, 5.74) is 0.854. The van der Waals surface area contributed by atoms with E-state index in [1.165, 1.54) is 7.11 Å². The zero-order valence-corrected chi connectivity index (χ0v) is 13.3. The molecule has 1 saturated heterocycles. The number of aromatic nitrogens is 2. The molecule has 0 unspecified atom stereocenters. The van der Waals surface area contributed by atoms with Gasteiger partial charge in [0.25, 0.3) is 0 Å². The predicted octanol–water partition coefficient (Wildman–Crippen LogP) is 1.76. The molecule has 0 saturated carbocycles. The van der Waals surface area contributed by atoms with E-state index < -0.39 is 5.97 Å². The first-order chi connectivity index (χ1) is 11.7. The summed E-state index contributed by atoms with van der Waals surface area (Å²) < 4.78 is 9.87. The van der Waals surface area contributed by atoms with Crippen molar-refractivity contribution in [2.24, 2.45) is 0 Å². The fourth-order valence-electron chi connectivity index (χ4n) is 2.66. The second-order valence-corrected chi connectivity index (χ2v) is 5.41. The van der Waals surface area contributed by atoms with Gasteiger partial charge in [0.05, 0.1) is 7.11 Å². The van der Waals surface area contributed by atoms with Crippen molar-refractivity contribution in [3.05, 3.63) is 36.2 Å². The molecule has 0 spiro atoms. The molecule has 0 bridgehead atoms. The van der Waals surface area contributed by atoms with Crippen molar-refractivity contribution in [2.45, 2.75) is 18.9 Å². The smallest absolute Gasteiger partial charge is 0.325 e. The number of carbonyl (C=O) groups excluding carboxylic acids is 2. The van der Waals surface area contributed by atoms with Crippen molar-refractivity contribution in [2.75, 3.05) is 20.2 Å². The highest BCUT2D eigenvalue weighted by Crippen LogP contribution is 2.31. The third kappa shape index (κ3) is 3.37. The molecule has 2 heterocycles. The summed E-state index contributed by atoms with van der Waals surface area (Å²) in [5.74, 6) is 0.398. The van der Waals surface area contributed by atoms with E-state index in [0.29, 0.717) is 18.3 Å². The molecular weight excluding hydrogens is 312 g/mol. The number of carbonyl (C=O) groups is 2. The lowest BCUT2D eigenvalue weighted by Crippen LogP contribution is -2.41. The van der Waals surface area contributed by atoms with Gasteiger partial charge in [-0.3, -0.25) is 4.79 Å². The minimum atomic E-state index is -0.497. The summed E-state index contributed by atoms with van der Waals surface area (Å²) in [6.45, 7) is 0.401. The molecule has 0 aliphatic carbocycles. The van der Waals surface area contributed by atoms with Gasteiger partial charge in [0.15, 0.2) is 0 Å². The second-order valence-electron chi connectivity index (χ2n) is 5.41. The van der Waals surface area contributed by atoms with Gasteiger partial charge in [-0.05, 0) is 12.8 Å². The van der Waals surface area contributed by atoms with Gasteiger partial charge in [-0.15, -0.1) is 0 Å². The molecule has 8 nitrogen and oxygen atoms in total. The Labute approximate surface area is 138 Å². The summed E-state index contributed by atoms with van der Waals surface area (Å²) >= 11 is 0. The maximum atomic E-state index is 12.2. The number of esters is 1. The van der Waals surface area contributed by atoms with E-state index in [9.17, 15) is 9.59 Å². The standard InChI is InChI=1S/C16H18N4O4/c1-23-13(21)10-17-16(22)20-9-5-8-12(20)15-18-14(19-24-15)11-6-3-2-4-7-11/h2-4,6-7,12H,5,8-10H2,1H3,(H,17,22)/t12-/m1/s1. The van der Waals surface area contributed by atoms with Crippen LogP contribution in [0.25, 0.3) is 11.4 Å². The molecule has 1 aliphatic heterocycles. The molecule has 2 amide bonds. The molecule has 1 aliphatic rings. The Morgan fingerprint density at radius 3 is 2.92 bits per heavy atom. The third-order valence-electron chi connectivity index (χ3n) is 3.88. The molecule has 0 radical (unpaired) electrons. The summed E-state index contributed by atoms with van der Waals surface area (Å²) in [7, 11) is 1.27. The predicted molar refractivity (Wildman–Crippen MR) is 83.8 cm³/mol. The van der Waals surface area contributed by atoms with E-state index in [2.05, 4.69) is 20.2 Å². The Bertz CT molecular complexity index is 716. The zero-order chi connectivity index (χ0) is 16.9. The first-order valence-corrected chi connectivity index (χ1v) is 7.69. The fraction of sp³-hybridized carbons (Fsp3) is 0.375. The van der Waals surface area contributed by atoms with Gasteiger partial charge in [-0.1, -0.05) is 35.5 Å². The lowest BCUT2D eigenvalue weighted by Gasteiger charge is -2.21. The lowest BCUT2D eigenvalue weighted by molar-refractivity contribution is -0.139. The number of amides is 2. The SMILES string of the molecule is COC(=O)CNC(=O)N1CCC[C@@H]1c1nc(-c2ccccc2)no1. The fourth-order valence-corrected chi connectivity index (χ4v) is 2.66. The van der Waals surface area contributed by atoms with Crippen LogP contribution in [0.15, 0.2) is 34.9 Å². The molecule has 1 aromatic carbocycles. The molecule has 2 aromatic rings. The Kier molecular flexibility index (Phi) is 4.74. The van der Waals surface area contributed by atoms with E-state index in [-0.39, 0.29) is 18.6 Å². The zero-order valence-electron chi connectivity index (χ0n) is 13.3. The monoisotopic (exact) mass is 330 g/mol. The quantitative estimate of drug-likeness (QED) is 0.858. The molecular formula is C16H18N4O4. The van der Waals surface area contributed by atoms with Gasteiger partial charge in [0, 0.05) is 12.1 Å². The average molecular weight is 330 g/mol. The number of benzene rings is 1. The first-order valence-electron chi connectivity index (χ1n) is 7.69. The molecule has 1 aromatic heterocycles. The Balaban J connectivity index is 1.70. The number of likely N-dealkylation sites (tertiary alicyclic amines) is 1. The number of nitrogens with zero attached hydrogens (tertiary/aromatic N) is 3. The maximum Gasteiger partial charge on any atom is 0.325 e. The van der Waals surface area contributed by atoms with Gasteiger partial charge in [-0.2, -0.15) is 4.98 Å².